The van der Waals surface area contributed by atoms with Gasteiger partial charge in [-0.05, 0) is 30.2 Å². The number of aromatic nitrogens is 1. The first-order chi connectivity index (χ1) is 14.1. The first-order valence-electron chi connectivity index (χ1n) is 9.29. The summed E-state index contributed by atoms with van der Waals surface area (Å²) in [5.74, 6) is 0.805. The molecule has 0 bridgehead atoms. The number of benzene rings is 1. The summed E-state index contributed by atoms with van der Waals surface area (Å²) in [5, 5.41) is 0. The van der Waals surface area contributed by atoms with Crippen LogP contribution < -0.4 is 19.9 Å². The van der Waals surface area contributed by atoms with Gasteiger partial charge < -0.3 is 18.9 Å². The summed E-state index contributed by atoms with van der Waals surface area (Å²) < 4.78 is 13.5. The zero-order chi connectivity index (χ0) is 19.8. The van der Waals surface area contributed by atoms with Gasteiger partial charge in [0.1, 0.15) is 0 Å². The van der Waals surface area contributed by atoms with Gasteiger partial charge in [-0.2, -0.15) is 0 Å². The predicted octanol–water partition coefficient (Wildman–Crippen LogP) is 4.33. The van der Waals surface area contributed by atoms with Crippen molar-refractivity contribution in [2.45, 2.75) is 24.9 Å². The second-order valence-corrected chi connectivity index (χ2v) is 9.54. The number of hydrogen-bond acceptors (Lipinski definition) is 5. The van der Waals surface area contributed by atoms with Crippen LogP contribution in [0, 0.1) is 0 Å². The molecule has 5 nitrogen and oxygen atoms in total. The second kappa shape index (κ2) is 6.08. The lowest BCUT2D eigenvalue weighted by atomic mass is 9.78. The molecule has 8 heteroatoms. The first kappa shape index (κ1) is 17.5. The van der Waals surface area contributed by atoms with Gasteiger partial charge in [-0.25, -0.2) is 0 Å². The lowest BCUT2D eigenvalue weighted by Gasteiger charge is -2.27. The van der Waals surface area contributed by atoms with E-state index < -0.39 is 5.41 Å². The molecule has 3 aliphatic heterocycles. The third-order valence-electron chi connectivity index (χ3n) is 5.99. The van der Waals surface area contributed by atoms with E-state index in [0.29, 0.717) is 24.6 Å². The van der Waals surface area contributed by atoms with Crippen LogP contribution >= 0.6 is 35.2 Å². The number of ether oxygens (including phenoxy) is 2. The average molecular weight is 443 g/mol. The molecule has 1 atom stereocenters. The highest BCUT2D eigenvalue weighted by Crippen LogP contribution is 2.53. The number of pyridine rings is 1. The van der Waals surface area contributed by atoms with Crippen molar-refractivity contribution in [1.29, 1.82) is 0 Å². The van der Waals surface area contributed by atoms with E-state index >= 15 is 0 Å². The number of para-hydroxylation sites is 1. The minimum absolute atomic E-state index is 0.0767. The van der Waals surface area contributed by atoms with Crippen molar-refractivity contribution in [3.05, 3.63) is 73.3 Å². The molecule has 0 amide bonds. The van der Waals surface area contributed by atoms with Gasteiger partial charge in [-0.3, -0.25) is 4.79 Å². The van der Waals surface area contributed by atoms with Crippen LogP contribution in [0.5, 0.6) is 11.5 Å². The highest BCUT2D eigenvalue weighted by molar-refractivity contribution is 7.80. The van der Waals surface area contributed by atoms with Gasteiger partial charge in [-0.1, -0.05) is 42.0 Å². The highest BCUT2D eigenvalue weighted by atomic mass is 35.5. The lowest BCUT2D eigenvalue weighted by Crippen LogP contribution is -2.38. The van der Waals surface area contributed by atoms with Crippen LogP contribution in [0.3, 0.4) is 0 Å². The Morgan fingerprint density at radius 2 is 2.07 bits per heavy atom. The summed E-state index contributed by atoms with van der Waals surface area (Å²) >= 11 is 13.8. The standard InChI is InChI=1S/C21H15ClN2O3S2/c22-17-6-5-12(29-17)10-24-14-4-2-1-3-13(14)21(20(24)28)7-8-23-16(21)9-15-18(19(23)25)27-11-26-15/h1-6,9H,7-8,10-11H2. The van der Waals surface area contributed by atoms with Crippen molar-refractivity contribution in [3.63, 3.8) is 0 Å². The first-order valence-corrected chi connectivity index (χ1v) is 10.9. The summed E-state index contributed by atoms with van der Waals surface area (Å²) in [6.07, 6.45) is 0.739. The van der Waals surface area contributed by atoms with E-state index in [4.69, 9.17) is 33.3 Å². The maximum Gasteiger partial charge on any atom is 0.297 e. The molecule has 6 rings (SSSR count). The Hall–Kier alpha value is -2.35. The van der Waals surface area contributed by atoms with E-state index in [9.17, 15) is 4.79 Å². The molecule has 3 aromatic rings. The van der Waals surface area contributed by atoms with Crippen molar-refractivity contribution in [2.24, 2.45) is 0 Å². The van der Waals surface area contributed by atoms with Crippen molar-refractivity contribution < 1.29 is 9.47 Å². The Kier molecular flexibility index (Phi) is 3.67. The maximum atomic E-state index is 13.0. The molecule has 0 saturated heterocycles. The summed E-state index contributed by atoms with van der Waals surface area (Å²) in [5.41, 5.74) is 2.44. The van der Waals surface area contributed by atoms with Crippen molar-refractivity contribution >= 4 is 45.8 Å². The Morgan fingerprint density at radius 1 is 1.21 bits per heavy atom. The fourth-order valence-electron chi connectivity index (χ4n) is 4.74. The summed E-state index contributed by atoms with van der Waals surface area (Å²) in [6.45, 7) is 1.33. The predicted molar refractivity (Wildman–Crippen MR) is 117 cm³/mol. The van der Waals surface area contributed by atoms with Crippen LogP contribution in [0.25, 0.3) is 0 Å². The summed E-state index contributed by atoms with van der Waals surface area (Å²) in [7, 11) is 0. The number of thiocarbonyl (C=S) groups is 1. The quantitative estimate of drug-likeness (QED) is 0.553. The van der Waals surface area contributed by atoms with E-state index in [1.165, 1.54) is 0 Å². The van der Waals surface area contributed by atoms with Gasteiger partial charge >= 0.3 is 0 Å². The number of rotatable bonds is 2. The maximum absolute atomic E-state index is 13.0. The number of nitrogens with zero attached hydrogens (tertiary/aromatic N) is 2. The largest absolute Gasteiger partial charge is 0.453 e. The van der Waals surface area contributed by atoms with Crippen LogP contribution in [-0.2, 0) is 18.5 Å². The average Bonchev–Trinajstić information content (AvgIpc) is 3.48. The molecule has 0 radical (unpaired) electrons. The SMILES string of the molecule is O=c1c2c(cc3n1CCC31C(=S)N(Cc3ccc(Cl)s3)c3ccccc31)OCO2. The molecule has 29 heavy (non-hydrogen) atoms. The molecule has 0 saturated carbocycles. The van der Waals surface area contributed by atoms with Crippen LogP contribution in [0.4, 0.5) is 5.69 Å². The minimum atomic E-state index is -0.521. The summed E-state index contributed by atoms with van der Waals surface area (Å²) in [6, 6.07) is 14.2. The number of hydrogen-bond donors (Lipinski definition) is 0. The number of fused-ring (bicyclic) bond motifs is 5. The molecule has 2 aromatic heterocycles. The van der Waals surface area contributed by atoms with Crippen LogP contribution in [0.1, 0.15) is 22.6 Å². The van der Waals surface area contributed by atoms with E-state index in [0.717, 1.165) is 37.6 Å². The molecule has 5 heterocycles. The van der Waals surface area contributed by atoms with E-state index in [2.05, 4.69) is 17.0 Å². The normalized spacial score (nSPS) is 21.1. The van der Waals surface area contributed by atoms with Gasteiger partial charge in [0, 0.05) is 28.9 Å². The molecule has 1 spiro atoms. The molecular weight excluding hydrogens is 428 g/mol. The Bertz CT molecular complexity index is 1250. The number of thiophene rings is 1. The molecule has 1 aromatic carbocycles. The molecule has 1 unspecified atom stereocenters. The number of halogens is 1. The summed E-state index contributed by atoms with van der Waals surface area (Å²) in [4.78, 5) is 17.1. The van der Waals surface area contributed by atoms with Crippen LogP contribution in [0.15, 0.2) is 47.3 Å². The molecule has 3 aliphatic rings. The molecule has 146 valence electrons. The van der Waals surface area contributed by atoms with Crippen molar-refractivity contribution in [3.8, 4) is 11.5 Å². The third kappa shape index (κ3) is 2.26. The van der Waals surface area contributed by atoms with E-state index in [-0.39, 0.29) is 12.4 Å². The van der Waals surface area contributed by atoms with E-state index in [1.54, 1.807) is 15.9 Å². The fourth-order valence-corrected chi connectivity index (χ4v) is 6.30. The molecule has 0 aliphatic carbocycles. The van der Waals surface area contributed by atoms with E-state index in [1.807, 2.05) is 30.3 Å². The Balaban J connectivity index is 1.55. The Morgan fingerprint density at radius 3 is 2.90 bits per heavy atom. The lowest BCUT2D eigenvalue weighted by molar-refractivity contribution is 0.173. The van der Waals surface area contributed by atoms with Crippen molar-refractivity contribution in [2.75, 3.05) is 11.7 Å². The Labute approximate surface area is 181 Å². The van der Waals surface area contributed by atoms with Crippen molar-refractivity contribution in [1.82, 2.24) is 4.57 Å². The fraction of sp³-hybridized carbons (Fsp3) is 0.238. The zero-order valence-electron chi connectivity index (χ0n) is 15.2. The third-order valence-corrected chi connectivity index (χ3v) is 7.78. The van der Waals surface area contributed by atoms with Gasteiger partial charge in [-0.15, -0.1) is 11.3 Å². The van der Waals surface area contributed by atoms with Gasteiger partial charge in [0.15, 0.2) is 5.75 Å². The van der Waals surface area contributed by atoms with Crippen LogP contribution in [0.2, 0.25) is 4.34 Å². The second-order valence-electron chi connectivity index (χ2n) is 7.36. The minimum Gasteiger partial charge on any atom is -0.453 e. The smallest absolute Gasteiger partial charge is 0.297 e. The van der Waals surface area contributed by atoms with Gasteiger partial charge in [0.05, 0.1) is 21.3 Å². The van der Waals surface area contributed by atoms with Gasteiger partial charge in [0.2, 0.25) is 12.5 Å². The number of anilines is 1. The molecular formula is C21H15ClN2O3S2. The zero-order valence-corrected chi connectivity index (χ0v) is 17.6. The highest BCUT2D eigenvalue weighted by Gasteiger charge is 2.53. The molecule has 0 fully saturated rings. The van der Waals surface area contributed by atoms with Gasteiger partial charge in [0.25, 0.3) is 5.56 Å². The topological polar surface area (TPSA) is 43.7 Å². The van der Waals surface area contributed by atoms with Crippen LogP contribution in [-0.4, -0.2) is 16.3 Å². The monoisotopic (exact) mass is 442 g/mol. The molecule has 0 N–H and O–H groups in total.